The van der Waals surface area contributed by atoms with E-state index in [1.54, 1.807) is 0 Å². The molecule has 2 aromatic rings. The number of nitrogens with zero attached hydrogens (tertiary/aromatic N) is 4. The molecule has 2 heterocycles. The Morgan fingerprint density at radius 3 is 2.84 bits per heavy atom. The Morgan fingerprint density at radius 2 is 2.16 bits per heavy atom. The van der Waals surface area contributed by atoms with Gasteiger partial charge in [0.05, 0.1) is 0 Å². The van der Waals surface area contributed by atoms with Gasteiger partial charge in [-0.3, -0.25) is 0 Å². The van der Waals surface area contributed by atoms with Crippen LogP contribution >= 0.6 is 15.9 Å². The summed E-state index contributed by atoms with van der Waals surface area (Å²) in [5, 5.41) is 0. The fourth-order valence-corrected chi connectivity index (χ4v) is 2.61. The van der Waals surface area contributed by atoms with Crippen molar-refractivity contribution in [2.75, 3.05) is 11.4 Å². The van der Waals surface area contributed by atoms with Crippen LogP contribution in [0.1, 0.15) is 40.0 Å². The van der Waals surface area contributed by atoms with E-state index in [1.807, 2.05) is 23.0 Å². The van der Waals surface area contributed by atoms with E-state index in [0.29, 0.717) is 6.04 Å². The van der Waals surface area contributed by atoms with E-state index < -0.39 is 0 Å². The molecule has 0 radical (unpaired) electrons. The first-order valence-corrected chi connectivity index (χ1v) is 7.68. The molecule has 0 aliphatic heterocycles. The summed E-state index contributed by atoms with van der Waals surface area (Å²) in [6, 6.07) is 0.416. The number of rotatable bonds is 6. The van der Waals surface area contributed by atoms with Crippen molar-refractivity contribution in [2.45, 2.75) is 46.1 Å². The van der Waals surface area contributed by atoms with Gasteiger partial charge in [-0.05, 0) is 36.2 Å². The number of hydrogen-bond donors (Lipinski definition) is 0. The number of halogens is 1. The van der Waals surface area contributed by atoms with Crippen LogP contribution in [0.3, 0.4) is 0 Å². The van der Waals surface area contributed by atoms with Crippen LogP contribution < -0.4 is 4.90 Å². The lowest BCUT2D eigenvalue weighted by Gasteiger charge is -2.28. The summed E-state index contributed by atoms with van der Waals surface area (Å²) in [6.07, 6.45) is 9.39. The first-order valence-electron chi connectivity index (χ1n) is 6.89. The van der Waals surface area contributed by atoms with E-state index in [0.717, 1.165) is 22.6 Å². The molecular weight excluding hydrogens is 304 g/mol. The maximum atomic E-state index is 4.63. The molecule has 0 bridgehead atoms. The molecule has 2 aromatic heterocycles. The van der Waals surface area contributed by atoms with Gasteiger partial charge in [0, 0.05) is 31.2 Å². The van der Waals surface area contributed by atoms with Crippen molar-refractivity contribution in [3.63, 3.8) is 0 Å². The minimum Gasteiger partial charge on any atom is -0.351 e. The van der Waals surface area contributed by atoms with Crippen LogP contribution in [0, 0.1) is 0 Å². The Labute approximate surface area is 123 Å². The Morgan fingerprint density at radius 1 is 1.37 bits per heavy atom. The Bertz CT molecular complexity index is 535. The van der Waals surface area contributed by atoms with Gasteiger partial charge in [0.15, 0.2) is 11.5 Å². The molecule has 0 aliphatic carbocycles. The second-order valence-electron chi connectivity index (χ2n) is 5.04. The molecule has 4 nitrogen and oxygen atoms in total. The summed E-state index contributed by atoms with van der Waals surface area (Å²) in [5.74, 6) is 0.963. The van der Waals surface area contributed by atoms with Gasteiger partial charge in [-0.2, -0.15) is 0 Å². The molecule has 2 rings (SSSR count). The minimum absolute atomic E-state index is 0.416. The number of unbranched alkanes of at least 4 members (excludes halogenated alkanes) is 2. The van der Waals surface area contributed by atoms with Crippen molar-refractivity contribution in [1.82, 2.24) is 14.4 Å². The summed E-state index contributed by atoms with van der Waals surface area (Å²) in [6.45, 7) is 7.66. The number of imidazole rings is 1. The number of hydrogen-bond acceptors (Lipinski definition) is 3. The fourth-order valence-electron chi connectivity index (χ4n) is 2.22. The number of aromatic nitrogens is 3. The average Bonchev–Trinajstić information content (AvgIpc) is 2.81. The Balaban J connectivity index is 2.35. The fraction of sp³-hybridized carbons (Fsp3) is 0.571. The third-order valence-electron chi connectivity index (χ3n) is 3.22. The molecule has 104 valence electrons. The minimum atomic E-state index is 0.416. The smallest absolute Gasteiger partial charge is 0.180 e. The number of anilines is 1. The molecule has 0 amide bonds. The molecule has 0 aliphatic rings. The normalized spacial score (nSPS) is 11.4. The first kappa shape index (κ1) is 14.3. The van der Waals surface area contributed by atoms with Gasteiger partial charge in [-0.25, -0.2) is 9.97 Å². The monoisotopic (exact) mass is 324 g/mol. The van der Waals surface area contributed by atoms with Gasteiger partial charge in [0.25, 0.3) is 0 Å². The van der Waals surface area contributed by atoms with Crippen molar-refractivity contribution in [3.8, 4) is 0 Å². The maximum Gasteiger partial charge on any atom is 0.180 e. The molecule has 0 unspecified atom stereocenters. The second-order valence-corrected chi connectivity index (χ2v) is 5.85. The van der Waals surface area contributed by atoms with Crippen LogP contribution in [0.2, 0.25) is 0 Å². The predicted molar refractivity (Wildman–Crippen MR) is 82.7 cm³/mol. The molecule has 0 saturated heterocycles. The largest absolute Gasteiger partial charge is 0.351 e. The van der Waals surface area contributed by atoms with Crippen molar-refractivity contribution >= 4 is 27.4 Å². The van der Waals surface area contributed by atoms with Crippen LogP contribution in [-0.4, -0.2) is 27.0 Å². The van der Waals surface area contributed by atoms with Gasteiger partial charge in [-0.15, -0.1) is 0 Å². The van der Waals surface area contributed by atoms with Crippen molar-refractivity contribution in [1.29, 1.82) is 0 Å². The van der Waals surface area contributed by atoms with Gasteiger partial charge in [-0.1, -0.05) is 19.8 Å². The lowest BCUT2D eigenvalue weighted by Crippen LogP contribution is -2.33. The van der Waals surface area contributed by atoms with Crippen LogP contribution in [0.4, 0.5) is 5.82 Å². The lowest BCUT2D eigenvalue weighted by atomic mass is 10.2. The highest BCUT2D eigenvalue weighted by molar-refractivity contribution is 9.10. The summed E-state index contributed by atoms with van der Waals surface area (Å²) < 4.78 is 2.86. The molecule has 0 aromatic carbocycles. The maximum absolute atomic E-state index is 4.63. The van der Waals surface area contributed by atoms with Gasteiger partial charge in [0.1, 0.15) is 4.60 Å². The van der Waals surface area contributed by atoms with E-state index in [9.17, 15) is 0 Å². The summed E-state index contributed by atoms with van der Waals surface area (Å²) in [4.78, 5) is 11.4. The van der Waals surface area contributed by atoms with Crippen molar-refractivity contribution < 1.29 is 0 Å². The van der Waals surface area contributed by atoms with Crippen molar-refractivity contribution in [3.05, 3.63) is 23.2 Å². The lowest BCUT2D eigenvalue weighted by molar-refractivity contribution is 0.619. The zero-order valence-electron chi connectivity index (χ0n) is 11.8. The van der Waals surface area contributed by atoms with Gasteiger partial charge < -0.3 is 9.30 Å². The molecule has 0 fully saturated rings. The number of fused-ring (bicyclic) bond motifs is 1. The van der Waals surface area contributed by atoms with E-state index in [-0.39, 0.29) is 0 Å². The van der Waals surface area contributed by atoms with Gasteiger partial charge >= 0.3 is 0 Å². The molecule has 0 N–H and O–H groups in total. The molecule has 5 heteroatoms. The van der Waals surface area contributed by atoms with E-state index in [2.05, 4.69) is 51.6 Å². The highest BCUT2D eigenvalue weighted by Gasteiger charge is 2.16. The highest BCUT2D eigenvalue weighted by atomic mass is 79.9. The SMILES string of the molecule is CCCCCN(c1nc(Br)cn2ccnc12)C(C)C. The topological polar surface area (TPSA) is 33.4 Å². The van der Waals surface area contributed by atoms with Gasteiger partial charge in [0.2, 0.25) is 0 Å². The average molecular weight is 325 g/mol. The van der Waals surface area contributed by atoms with Crippen LogP contribution in [0.5, 0.6) is 0 Å². The van der Waals surface area contributed by atoms with Crippen LogP contribution in [0.25, 0.3) is 5.65 Å². The predicted octanol–water partition coefficient (Wildman–Crippen LogP) is 3.90. The quantitative estimate of drug-likeness (QED) is 0.755. The highest BCUT2D eigenvalue weighted by Crippen LogP contribution is 2.23. The van der Waals surface area contributed by atoms with Crippen LogP contribution in [-0.2, 0) is 0 Å². The summed E-state index contributed by atoms with van der Waals surface area (Å²) in [7, 11) is 0. The van der Waals surface area contributed by atoms with Crippen LogP contribution in [0.15, 0.2) is 23.2 Å². The molecule has 0 atom stereocenters. The Hall–Kier alpha value is -1.10. The standard InChI is InChI=1S/C14H21BrN4/c1-4-5-6-8-19(11(2)3)14-13-16-7-9-18(13)10-12(15)17-14/h7,9-11H,4-6,8H2,1-3H3. The second kappa shape index (κ2) is 6.37. The van der Waals surface area contributed by atoms with E-state index in [4.69, 9.17) is 0 Å². The zero-order chi connectivity index (χ0) is 13.8. The molecule has 0 spiro atoms. The zero-order valence-corrected chi connectivity index (χ0v) is 13.4. The third-order valence-corrected chi connectivity index (χ3v) is 3.61. The summed E-state index contributed by atoms with van der Waals surface area (Å²) >= 11 is 3.48. The van der Waals surface area contributed by atoms with E-state index in [1.165, 1.54) is 19.3 Å². The summed E-state index contributed by atoms with van der Waals surface area (Å²) in [5.41, 5.74) is 0.924. The third kappa shape index (κ3) is 3.26. The van der Waals surface area contributed by atoms with Crippen molar-refractivity contribution in [2.24, 2.45) is 0 Å². The van der Waals surface area contributed by atoms with E-state index >= 15 is 0 Å². The first-order chi connectivity index (χ1) is 9.13. The molecular formula is C14H21BrN4. The molecule has 19 heavy (non-hydrogen) atoms. The Kier molecular flexibility index (Phi) is 4.80. The molecule has 0 saturated carbocycles.